The molecule has 1 aromatic carbocycles. The predicted octanol–water partition coefficient (Wildman–Crippen LogP) is 3.56. The maximum absolute atomic E-state index is 11.6. The molecule has 1 amide bonds. The van der Waals surface area contributed by atoms with E-state index >= 15 is 0 Å². The van der Waals surface area contributed by atoms with Crippen molar-refractivity contribution in [3.63, 3.8) is 0 Å². The zero-order chi connectivity index (χ0) is 12.1. The number of amides is 1. The third-order valence-corrected chi connectivity index (χ3v) is 2.74. The number of benzene rings is 1. The molecule has 88 valence electrons. The van der Waals surface area contributed by atoms with E-state index in [1.807, 2.05) is 45.0 Å². The molecule has 0 radical (unpaired) electrons. The third kappa shape index (κ3) is 3.53. The van der Waals surface area contributed by atoms with Crippen molar-refractivity contribution in [3.8, 4) is 0 Å². The van der Waals surface area contributed by atoms with Gasteiger partial charge in [-0.1, -0.05) is 44.5 Å². The first-order valence-electron chi connectivity index (χ1n) is 5.60. The van der Waals surface area contributed by atoms with E-state index in [4.69, 9.17) is 11.6 Å². The fraction of sp³-hybridized carbons (Fsp3) is 0.462. The van der Waals surface area contributed by atoms with E-state index in [0.717, 1.165) is 12.0 Å². The van der Waals surface area contributed by atoms with Crippen LogP contribution < -0.4 is 5.32 Å². The molecule has 1 aromatic rings. The summed E-state index contributed by atoms with van der Waals surface area (Å²) in [5.74, 6) is 0.0834. The van der Waals surface area contributed by atoms with Gasteiger partial charge in [-0.15, -0.1) is 0 Å². The second-order valence-electron chi connectivity index (χ2n) is 4.18. The number of rotatable bonds is 4. The lowest BCUT2D eigenvalue weighted by Crippen LogP contribution is -2.31. The van der Waals surface area contributed by atoms with Gasteiger partial charge in [-0.25, -0.2) is 0 Å². The summed E-state index contributed by atoms with van der Waals surface area (Å²) in [5, 5.41) is 3.72. The van der Waals surface area contributed by atoms with E-state index in [1.165, 1.54) is 0 Å². The van der Waals surface area contributed by atoms with E-state index in [-0.39, 0.29) is 17.9 Å². The molecule has 1 N–H and O–H groups in total. The minimum absolute atomic E-state index is 0.00762. The van der Waals surface area contributed by atoms with Crippen molar-refractivity contribution in [1.29, 1.82) is 0 Å². The topological polar surface area (TPSA) is 29.1 Å². The van der Waals surface area contributed by atoms with Crippen molar-refractivity contribution in [2.45, 2.75) is 33.2 Å². The zero-order valence-corrected chi connectivity index (χ0v) is 10.7. The van der Waals surface area contributed by atoms with Gasteiger partial charge in [-0.3, -0.25) is 4.79 Å². The van der Waals surface area contributed by atoms with E-state index in [9.17, 15) is 4.79 Å². The summed E-state index contributed by atoms with van der Waals surface area (Å²) in [7, 11) is 0. The van der Waals surface area contributed by atoms with Crippen LogP contribution in [0.2, 0.25) is 5.02 Å². The Kier molecular flexibility index (Phi) is 4.81. The van der Waals surface area contributed by atoms with Crippen LogP contribution in [0, 0.1) is 5.92 Å². The lowest BCUT2D eigenvalue weighted by Gasteiger charge is -2.19. The fourth-order valence-corrected chi connectivity index (χ4v) is 1.68. The molecule has 0 aliphatic rings. The average molecular weight is 240 g/mol. The van der Waals surface area contributed by atoms with Gasteiger partial charge in [-0.2, -0.15) is 0 Å². The van der Waals surface area contributed by atoms with Crippen molar-refractivity contribution in [2.75, 3.05) is 0 Å². The summed E-state index contributed by atoms with van der Waals surface area (Å²) in [6.45, 7) is 5.83. The van der Waals surface area contributed by atoms with Gasteiger partial charge in [0.05, 0.1) is 6.04 Å². The molecule has 3 heteroatoms. The predicted molar refractivity (Wildman–Crippen MR) is 67.5 cm³/mol. The van der Waals surface area contributed by atoms with Crippen LogP contribution >= 0.6 is 11.6 Å². The minimum Gasteiger partial charge on any atom is -0.349 e. The number of carbonyl (C=O) groups excluding carboxylic acids is 1. The Morgan fingerprint density at radius 1 is 1.44 bits per heavy atom. The first-order valence-corrected chi connectivity index (χ1v) is 5.98. The van der Waals surface area contributed by atoms with Gasteiger partial charge in [-0.05, 0) is 24.1 Å². The van der Waals surface area contributed by atoms with Crippen molar-refractivity contribution in [3.05, 3.63) is 34.9 Å². The van der Waals surface area contributed by atoms with Gasteiger partial charge in [0, 0.05) is 10.9 Å². The highest BCUT2D eigenvalue weighted by Gasteiger charge is 2.14. The van der Waals surface area contributed by atoms with Crippen LogP contribution in [0.3, 0.4) is 0 Å². The van der Waals surface area contributed by atoms with Gasteiger partial charge in [0.1, 0.15) is 0 Å². The molecule has 0 aliphatic heterocycles. The van der Waals surface area contributed by atoms with Gasteiger partial charge < -0.3 is 5.32 Å². The lowest BCUT2D eigenvalue weighted by atomic mass is 10.0. The van der Waals surface area contributed by atoms with Gasteiger partial charge in [0.25, 0.3) is 0 Å². The molecule has 1 atom stereocenters. The van der Waals surface area contributed by atoms with Crippen LogP contribution in [0.1, 0.15) is 38.8 Å². The first-order chi connectivity index (χ1) is 7.54. The van der Waals surface area contributed by atoms with Crippen molar-refractivity contribution in [2.24, 2.45) is 5.92 Å². The Morgan fingerprint density at radius 3 is 2.62 bits per heavy atom. The molecular formula is C13H18ClNO. The largest absolute Gasteiger partial charge is 0.349 e. The smallest absolute Gasteiger partial charge is 0.223 e. The van der Waals surface area contributed by atoms with Crippen molar-refractivity contribution < 1.29 is 4.79 Å². The van der Waals surface area contributed by atoms with E-state index in [2.05, 4.69) is 5.32 Å². The molecular weight excluding hydrogens is 222 g/mol. The summed E-state index contributed by atoms with van der Waals surface area (Å²) in [5.41, 5.74) is 1.06. The highest BCUT2D eigenvalue weighted by Crippen LogP contribution is 2.20. The summed E-state index contributed by atoms with van der Waals surface area (Å²) in [6.07, 6.45) is 0.860. The lowest BCUT2D eigenvalue weighted by molar-refractivity contribution is -0.124. The molecule has 0 aromatic heterocycles. The van der Waals surface area contributed by atoms with Crippen molar-refractivity contribution >= 4 is 17.5 Å². The first kappa shape index (κ1) is 13.0. The zero-order valence-electron chi connectivity index (χ0n) is 9.96. The number of hydrogen-bond donors (Lipinski definition) is 1. The maximum atomic E-state index is 11.6. The van der Waals surface area contributed by atoms with Crippen LogP contribution in [-0.4, -0.2) is 5.91 Å². The van der Waals surface area contributed by atoms with Crippen LogP contribution in [0.25, 0.3) is 0 Å². The Balaban J connectivity index is 2.78. The molecule has 0 unspecified atom stereocenters. The summed E-state index contributed by atoms with van der Waals surface area (Å²) in [6, 6.07) is 7.68. The van der Waals surface area contributed by atoms with Gasteiger partial charge in [0.15, 0.2) is 0 Å². The molecule has 0 saturated heterocycles. The molecule has 0 aliphatic carbocycles. The third-order valence-electron chi connectivity index (χ3n) is 2.50. The Hall–Kier alpha value is -1.02. The number of nitrogens with one attached hydrogen (secondary N) is 1. The highest BCUT2D eigenvalue weighted by atomic mass is 35.5. The highest BCUT2D eigenvalue weighted by molar-refractivity contribution is 6.30. The average Bonchev–Trinajstić information content (AvgIpc) is 2.25. The van der Waals surface area contributed by atoms with Crippen molar-refractivity contribution in [1.82, 2.24) is 5.32 Å². The van der Waals surface area contributed by atoms with Crippen LogP contribution in [-0.2, 0) is 4.79 Å². The molecule has 0 bridgehead atoms. The monoisotopic (exact) mass is 239 g/mol. The molecule has 2 nitrogen and oxygen atoms in total. The molecule has 0 heterocycles. The quantitative estimate of drug-likeness (QED) is 0.855. The maximum Gasteiger partial charge on any atom is 0.223 e. The molecule has 0 saturated carbocycles. The minimum atomic E-state index is 0.00762. The van der Waals surface area contributed by atoms with Crippen LogP contribution in [0.5, 0.6) is 0 Å². The molecule has 1 rings (SSSR count). The number of hydrogen-bond acceptors (Lipinski definition) is 1. The van der Waals surface area contributed by atoms with Crippen LogP contribution in [0.4, 0.5) is 0 Å². The Labute approximate surface area is 102 Å². The second-order valence-corrected chi connectivity index (χ2v) is 4.62. The number of carbonyl (C=O) groups is 1. The van der Waals surface area contributed by atoms with Gasteiger partial charge >= 0.3 is 0 Å². The SMILES string of the molecule is CC[C@@H](NC(=O)C(C)C)c1cccc(Cl)c1. The van der Waals surface area contributed by atoms with E-state index in [0.29, 0.717) is 5.02 Å². The summed E-state index contributed by atoms with van der Waals surface area (Å²) < 4.78 is 0. The van der Waals surface area contributed by atoms with E-state index < -0.39 is 0 Å². The second kappa shape index (κ2) is 5.90. The normalized spacial score (nSPS) is 12.6. The standard InChI is InChI=1S/C13H18ClNO/c1-4-12(15-13(16)9(2)3)10-6-5-7-11(14)8-10/h5-9,12H,4H2,1-3H3,(H,15,16)/t12-/m1/s1. The van der Waals surface area contributed by atoms with Gasteiger partial charge in [0.2, 0.25) is 5.91 Å². The molecule has 16 heavy (non-hydrogen) atoms. The van der Waals surface area contributed by atoms with E-state index in [1.54, 1.807) is 0 Å². The summed E-state index contributed by atoms with van der Waals surface area (Å²) in [4.78, 5) is 11.6. The number of halogens is 1. The summed E-state index contributed by atoms with van der Waals surface area (Å²) >= 11 is 5.93. The molecule has 0 fully saturated rings. The Bertz CT molecular complexity index is 363. The Morgan fingerprint density at radius 2 is 2.12 bits per heavy atom. The molecule has 0 spiro atoms. The fourth-order valence-electron chi connectivity index (χ4n) is 1.48. The van der Waals surface area contributed by atoms with Crippen LogP contribution in [0.15, 0.2) is 24.3 Å².